The first-order chi connectivity index (χ1) is 15.5. The van der Waals surface area contributed by atoms with E-state index in [9.17, 15) is 0 Å². The molecule has 8 rings (SSSR count). The molecular formula is C26H44Cl2N4S2. The van der Waals surface area contributed by atoms with Gasteiger partial charge in [0.2, 0.25) is 0 Å². The second-order valence-corrected chi connectivity index (χ2v) is 15.5. The molecule has 8 bridgehead atoms. The molecule has 0 unspecified atom stereocenters. The largest absolute Gasteiger partial charge is 0.373 e. The molecule has 0 aromatic rings. The van der Waals surface area contributed by atoms with Gasteiger partial charge >= 0.3 is 0 Å². The van der Waals surface area contributed by atoms with Crippen molar-refractivity contribution in [2.45, 2.75) is 77.0 Å². The van der Waals surface area contributed by atoms with E-state index in [1.807, 2.05) is 0 Å². The lowest BCUT2D eigenvalue weighted by Gasteiger charge is -2.57. The molecule has 0 aliphatic heterocycles. The summed E-state index contributed by atoms with van der Waals surface area (Å²) < 4.78 is 0. The molecule has 0 spiro atoms. The van der Waals surface area contributed by atoms with E-state index in [4.69, 9.17) is 10.8 Å². The van der Waals surface area contributed by atoms with Crippen molar-refractivity contribution in [3.8, 4) is 0 Å². The Bertz CT molecular complexity index is 629. The van der Waals surface area contributed by atoms with Gasteiger partial charge in [0.1, 0.15) is 11.7 Å². The zero-order valence-corrected chi connectivity index (χ0v) is 23.7. The van der Waals surface area contributed by atoms with Crippen LogP contribution in [0.3, 0.4) is 0 Å². The maximum atomic E-state index is 8.38. The predicted molar refractivity (Wildman–Crippen MR) is 152 cm³/mol. The third kappa shape index (κ3) is 5.86. The molecule has 0 atom stereocenters. The van der Waals surface area contributed by atoms with E-state index in [1.165, 1.54) is 77.0 Å². The van der Waals surface area contributed by atoms with E-state index in [1.54, 1.807) is 21.6 Å². The van der Waals surface area contributed by atoms with Crippen LogP contribution in [0.5, 0.6) is 0 Å². The lowest BCUT2D eigenvalue weighted by molar-refractivity contribution is -0.0492. The van der Waals surface area contributed by atoms with Gasteiger partial charge in [0.05, 0.1) is 11.5 Å². The van der Waals surface area contributed by atoms with Gasteiger partial charge in [0.15, 0.2) is 0 Å². The van der Waals surface area contributed by atoms with Crippen molar-refractivity contribution in [1.29, 1.82) is 10.8 Å². The Labute approximate surface area is 226 Å². The van der Waals surface area contributed by atoms with Gasteiger partial charge in [-0.3, -0.25) is 10.8 Å². The zero-order chi connectivity index (χ0) is 21.8. The van der Waals surface area contributed by atoms with E-state index < -0.39 is 0 Å². The average Bonchev–Trinajstić information content (AvgIpc) is 2.72. The second-order valence-electron chi connectivity index (χ2n) is 13.0. The van der Waals surface area contributed by atoms with E-state index in [2.05, 4.69) is 10.6 Å². The number of halogens is 2. The third-order valence-electron chi connectivity index (χ3n) is 10.2. The molecule has 8 heteroatoms. The summed E-state index contributed by atoms with van der Waals surface area (Å²) in [6.07, 6.45) is 17.4. The van der Waals surface area contributed by atoms with E-state index in [-0.39, 0.29) is 24.8 Å². The van der Waals surface area contributed by atoms with Crippen molar-refractivity contribution in [3.63, 3.8) is 0 Å². The van der Waals surface area contributed by atoms with Gasteiger partial charge in [0.25, 0.3) is 0 Å². The number of nitrogens with one attached hydrogen (secondary N) is 4. The van der Waals surface area contributed by atoms with E-state index in [0.717, 1.165) is 60.1 Å². The van der Waals surface area contributed by atoms with Crippen molar-refractivity contribution in [2.24, 2.45) is 46.3 Å². The molecule has 4 nitrogen and oxygen atoms in total. The maximum Gasteiger partial charge on any atom is 0.104 e. The first-order valence-electron chi connectivity index (χ1n) is 13.3. The molecule has 8 aliphatic carbocycles. The van der Waals surface area contributed by atoms with Gasteiger partial charge < -0.3 is 10.6 Å². The van der Waals surface area contributed by atoms with Crippen molar-refractivity contribution in [1.82, 2.24) is 10.6 Å². The Morgan fingerprint density at radius 2 is 0.824 bits per heavy atom. The lowest BCUT2D eigenvalue weighted by atomic mass is 9.49. The molecule has 0 saturated heterocycles. The molecule has 194 valence electrons. The number of amidine groups is 2. The SMILES string of the molecule is Cl.Cl.N=C(CSSCC(=N)NCC12CC3CC(CC(C3)C1)C2)NCC12CC3CC(CC(C3)C1)C2. The standard InChI is InChI=1S/C26H42N4S2.2ClH/c27-23(29-15-25-7-17-1-18(8-25)3-19(2-17)9-25)13-31-32-14-24(28)30-16-26-10-20-4-21(11-26)6-22(5-20)12-26;;/h17-22H,1-16H2,(H2,27,29)(H2,28,30);2*1H. The third-order valence-corrected chi connectivity index (χ3v) is 12.4. The molecule has 4 N–H and O–H groups in total. The van der Waals surface area contributed by atoms with Gasteiger partial charge in [-0.2, -0.15) is 0 Å². The van der Waals surface area contributed by atoms with Crippen molar-refractivity contribution >= 4 is 58.1 Å². The van der Waals surface area contributed by atoms with Crippen LogP contribution in [0.1, 0.15) is 77.0 Å². The fraction of sp³-hybridized carbons (Fsp3) is 0.923. The smallest absolute Gasteiger partial charge is 0.104 e. The van der Waals surface area contributed by atoms with E-state index in [0.29, 0.717) is 22.5 Å². The highest BCUT2D eigenvalue weighted by Gasteiger charge is 2.51. The Balaban J connectivity index is 0.00000137. The molecular weight excluding hydrogens is 503 g/mol. The normalized spacial score (nSPS) is 42.6. The molecule has 0 aromatic carbocycles. The Kier molecular flexibility index (Phi) is 8.75. The van der Waals surface area contributed by atoms with Crippen LogP contribution in [-0.2, 0) is 0 Å². The van der Waals surface area contributed by atoms with Crippen LogP contribution in [0.15, 0.2) is 0 Å². The fourth-order valence-corrected chi connectivity index (χ4v) is 11.7. The van der Waals surface area contributed by atoms with Gasteiger partial charge in [-0.05, 0) is 123 Å². The van der Waals surface area contributed by atoms with Crippen LogP contribution in [0.25, 0.3) is 0 Å². The molecule has 8 saturated carbocycles. The molecule has 0 radical (unpaired) electrons. The first kappa shape index (κ1) is 27.3. The molecule has 0 heterocycles. The summed E-state index contributed by atoms with van der Waals surface area (Å²) in [5.74, 6) is 8.76. The summed E-state index contributed by atoms with van der Waals surface area (Å²) in [5, 5.41) is 23.8. The number of rotatable bonds is 9. The van der Waals surface area contributed by atoms with Gasteiger partial charge in [0, 0.05) is 13.1 Å². The Morgan fingerprint density at radius 1 is 0.559 bits per heavy atom. The molecule has 34 heavy (non-hydrogen) atoms. The Hall–Kier alpha value is 0.220. The van der Waals surface area contributed by atoms with Crippen LogP contribution in [0, 0.1) is 57.2 Å². The van der Waals surface area contributed by atoms with Crippen LogP contribution in [0.2, 0.25) is 0 Å². The fourth-order valence-electron chi connectivity index (χ4n) is 9.90. The summed E-state index contributed by atoms with van der Waals surface area (Å²) >= 11 is 0. The summed E-state index contributed by atoms with van der Waals surface area (Å²) in [5.41, 5.74) is 1.00. The number of hydrogen-bond donors (Lipinski definition) is 4. The van der Waals surface area contributed by atoms with Crippen LogP contribution in [0.4, 0.5) is 0 Å². The summed E-state index contributed by atoms with van der Waals surface area (Å²) in [6, 6.07) is 0. The van der Waals surface area contributed by atoms with Crippen LogP contribution in [-0.4, -0.2) is 36.3 Å². The summed E-state index contributed by atoms with van der Waals surface area (Å²) in [7, 11) is 3.48. The highest BCUT2D eigenvalue weighted by Crippen LogP contribution is 2.60. The first-order valence-corrected chi connectivity index (χ1v) is 15.8. The lowest BCUT2D eigenvalue weighted by Crippen LogP contribution is -2.51. The summed E-state index contributed by atoms with van der Waals surface area (Å²) in [6.45, 7) is 2.06. The minimum absolute atomic E-state index is 0. The highest BCUT2D eigenvalue weighted by molar-refractivity contribution is 8.77. The maximum absolute atomic E-state index is 8.38. The zero-order valence-electron chi connectivity index (χ0n) is 20.4. The van der Waals surface area contributed by atoms with Crippen LogP contribution >= 0.6 is 46.4 Å². The number of hydrogen-bond acceptors (Lipinski definition) is 4. The Morgan fingerprint density at radius 3 is 1.09 bits per heavy atom. The minimum Gasteiger partial charge on any atom is -0.373 e. The monoisotopic (exact) mass is 546 g/mol. The topological polar surface area (TPSA) is 71.8 Å². The van der Waals surface area contributed by atoms with Gasteiger partial charge in [-0.15, -0.1) is 24.8 Å². The van der Waals surface area contributed by atoms with Gasteiger partial charge in [-0.25, -0.2) is 0 Å². The molecule has 0 amide bonds. The highest BCUT2D eigenvalue weighted by atomic mass is 35.5. The average molecular weight is 548 g/mol. The summed E-state index contributed by atoms with van der Waals surface area (Å²) in [4.78, 5) is 0. The predicted octanol–water partition coefficient (Wildman–Crippen LogP) is 6.78. The van der Waals surface area contributed by atoms with E-state index >= 15 is 0 Å². The quantitative estimate of drug-likeness (QED) is 0.111. The molecule has 0 aromatic heterocycles. The van der Waals surface area contributed by atoms with Crippen molar-refractivity contribution in [2.75, 3.05) is 24.6 Å². The second kappa shape index (κ2) is 10.9. The minimum atomic E-state index is 0. The molecule has 8 aliphatic rings. The van der Waals surface area contributed by atoms with Crippen molar-refractivity contribution in [3.05, 3.63) is 0 Å². The van der Waals surface area contributed by atoms with Crippen LogP contribution < -0.4 is 10.6 Å². The van der Waals surface area contributed by atoms with Crippen molar-refractivity contribution < 1.29 is 0 Å². The molecule has 8 fully saturated rings. The van der Waals surface area contributed by atoms with Gasteiger partial charge in [-0.1, -0.05) is 21.6 Å².